The number of nitrogens with zero attached hydrogens (tertiary/aromatic N) is 1. The van der Waals surface area contributed by atoms with E-state index in [9.17, 15) is 13.2 Å². The highest BCUT2D eigenvalue weighted by Crippen LogP contribution is 2.45. The van der Waals surface area contributed by atoms with Crippen molar-refractivity contribution in [2.24, 2.45) is 5.92 Å². The molecule has 2 aromatic carbocycles. The third-order valence-electron chi connectivity index (χ3n) is 5.98. The smallest absolute Gasteiger partial charge is 0.314 e. The lowest BCUT2D eigenvalue weighted by Crippen LogP contribution is -2.41. The fourth-order valence-electron chi connectivity index (χ4n) is 4.48. The fraction of sp³-hybridized carbons (Fsp3) is 0.458. The van der Waals surface area contributed by atoms with Crippen LogP contribution in [0.2, 0.25) is 0 Å². The van der Waals surface area contributed by atoms with Crippen molar-refractivity contribution in [3.63, 3.8) is 0 Å². The molecule has 0 N–H and O–H groups in total. The average Bonchev–Trinajstić information content (AvgIpc) is 3.28. The zero-order valence-electron chi connectivity index (χ0n) is 18.7. The van der Waals surface area contributed by atoms with Gasteiger partial charge in [0.15, 0.2) is 0 Å². The average molecular weight is 492 g/mol. The molecule has 0 amide bonds. The number of piperidine rings is 1. The zero-order chi connectivity index (χ0) is 22.9. The number of hydrogen-bond acceptors (Lipinski definition) is 6. The maximum Gasteiger partial charge on any atom is 0.314 e. The molecule has 0 spiro atoms. The second kappa shape index (κ2) is 9.79. The van der Waals surface area contributed by atoms with E-state index in [0.29, 0.717) is 41.2 Å². The van der Waals surface area contributed by atoms with Crippen LogP contribution in [-0.2, 0) is 14.8 Å². The molecule has 2 aliphatic heterocycles. The monoisotopic (exact) mass is 491 g/mol. The van der Waals surface area contributed by atoms with Crippen molar-refractivity contribution in [2.75, 3.05) is 24.6 Å². The summed E-state index contributed by atoms with van der Waals surface area (Å²) in [6.07, 6.45) is 0.935. The van der Waals surface area contributed by atoms with E-state index in [1.54, 1.807) is 0 Å². The lowest BCUT2D eigenvalue weighted by atomic mass is 9.98. The summed E-state index contributed by atoms with van der Waals surface area (Å²) >= 11 is 3.88. The molecule has 2 aromatic rings. The molecule has 0 saturated carbocycles. The number of carbonyl (C=O) groups excluding carboxylic acids is 1. The predicted octanol–water partition coefficient (Wildman–Crippen LogP) is 5.10. The van der Waals surface area contributed by atoms with Crippen molar-refractivity contribution in [1.82, 2.24) is 4.31 Å². The van der Waals surface area contributed by atoms with Gasteiger partial charge in [0, 0.05) is 24.6 Å². The quantitative estimate of drug-likeness (QED) is 0.428. The Hall–Kier alpha value is -1.48. The van der Waals surface area contributed by atoms with Crippen molar-refractivity contribution in [1.29, 1.82) is 0 Å². The molecule has 0 aliphatic carbocycles. The number of sulfonamides is 1. The van der Waals surface area contributed by atoms with Gasteiger partial charge in [-0.25, -0.2) is 8.42 Å². The lowest BCUT2D eigenvalue weighted by Gasteiger charge is -2.31. The van der Waals surface area contributed by atoms with Gasteiger partial charge >= 0.3 is 5.97 Å². The summed E-state index contributed by atoms with van der Waals surface area (Å²) < 4.78 is 34.1. The van der Waals surface area contributed by atoms with E-state index in [2.05, 4.69) is 0 Å². The van der Waals surface area contributed by atoms with Crippen LogP contribution >= 0.6 is 23.5 Å². The molecule has 0 atom stereocenters. The van der Waals surface area contributed by atoms with Crippen LogP contribution in [0.4, 0.5) is 0 Å². The van der Waals surface area contributed by atoms with Crippen molar-refractivity contribution in [3.8, 4) is 5.75 Å². The Kier molecular flexibility index (Phi) is 7.24. The van der Waals surface area contributed by atoms with Crippen molar-refractivity contribution in [3.05, 3.63) is 58.7 Å². The van der Waals surface area contributed by atoms with Crippen LogP contribution in [0, 0.1) is 26.7 Å². The lowest BCUT2D eigenvalue weighted by molar-refractivity contribution is -0.140. The summed E-state index contributed by atoms with van der Waals surface area (Å²) in [6, 6.07) is 11.6. The van der Waals surface area contributed by atoms with Crippen molar-refractivity contribution < 1.29 is 17.9 Å². The second-order valence-corrected chi connectivity index (χ2v) is 13.1. The number of carbonyl (C=O) groups is 1. The van der Waals surface area contributed by atoms with E-state index < -0.39 is 10.0 Å². The molecule has 2 aliphatic rings. The molecule has 0 unspecified atom stereocenters. The van der Waals surface area contributed by atoms with Crippen LogP contribution in [0.1, 0.15) is 39.7 Å². The molecule has 0 radical (unpaired) electrons. The summed E-state index contributed by atoms with van der Waals surface area (Å²) in [4.78, 5) is 13.1. The molecule has 2 heterocycles. The second-order valence-electron chi connectivity index (χ2n) is 8.47. The number of ether oxygens (including phenoxy) is 1. The number of aryl methyl sites for hydroxylation is 3. The largest absolute Gasteiger partial charge is 0.426 e. The number of benzene rings is 2. The van der Waals surface area contributed by atoms with Crippen LogP contribution in [-0.4, -0.2) is 43.3 Å². The topological polar surface area (TPSA) is 63.7 Å². The van der Waals surface area contributed by atoms with Gasteiger partial charge in [0.25, 0.3) is 0 Å². The highest BCUT2D eigenvalue weighted by molar-refractivity contribution is 8.19. The van der Waals surface area contributed by atoms with Gasteiger partial charge in [-0.15, -0.1) is 23.5 Å². The van der Waals surface area contributed by atoms with Gasteiger partial charge in [-0.2, -0.15) is 4.31 Å². The van der Waals surface area contributed by atoms with E-state index in [4.69, 9.17) is 4.74 Å². The molecular formula is C24H29NO4S3. The van der Waals surface area contributed by atoms with Crippen molar-refractivity contribution >= 4 is 39.5 Å². The third kappa shape index (κ3) is 5.03. The van der Waals surface area contributed by atoms with E-state index in [0.717, 1.165) is 16.7 Å². The van der Waals surface area contributed by atoms with Gasteiger partial charge in [0.05, 0.1) is 15.4 Å². The fourth-order valence-corrected chi connectivity index (χ4v) is 9.22. The Bertz CT molecular complexity index is 1060. The molecule has 5 nitrogen and oxygen atoms in total. The van der Waals surface area contributed by atoms with E-state index in [1.165, 1.54) is 21.4 Å². The molecule has 0 bridgehead atoms. The highest BCUT2D eigenvalue weighted by atomic mass is 32.2. The number of hydrogen-bond donors (Lipinski definition) is 0. The molecular weight excluding hydrogens is 462 g/mol. The van der Waals surface area contributed by atoms with Crippen LogP contribution in [0.15, 0.2) is 41.3 Å². The predicted molar refractivity (Wildman–Crippen MR) is 132 cm³/mol. The molecule has 2 fully saturated rings. The third-order valence-corrected chi connectivity index (χ3v) is 11.3. The Balaban J connectivity index is 1.36. The first-order valence-corrected chi connectivity index (χ1v) is 14.4. The zero-order valence-corrected chi connectivity index (χ0v) is 21.1. The summed E-state index contributed by atoms with van der Waals surface area (Å²) in [6.45, 7) is 6.29. The van der Waals surface area contributed by atoms with Crippen LogP contribution in [0.5, 0.6) is 5.75 Å². The minimum atomic E-state index is -3.58. The van der Waals surface area contributed by atoms with E-state index in [-0.39, 0.29) is 11.9 Å². The van der Waals surface area contributed by atoms with Gasteiger partial charge in [0.1, 0.15) is 5.75 Å². The van der Waals surface area contributed by atoms with E-state index >= 15 is 0 Å². The van der Waals surface area contributed by atoms with E-state index in [1.807, 2.05) is 80.7 Å². The molecule has 172 valence electrons. The maximum atomic E-state index is 13.3. The summed E-state index contributed by atoms with van der Waals surface area (Å²) in [5.74, 6) is 2.32. The number of esters is 1. The molecule has 8 heteroatoms. The maximum absolute atomic E-state index is 13.3. The molecule has 0 aromatic heterocycles. The van der Waals surface area contributed by atoms with Crippen LogP contribution < -0.4 is 4.74 Å². The summed E-state index contributed by atoms with van der Waals surface area (Å²) in [5, 5.41) is 0. The Morgan fingerprint density at radius 2 is 1.53 bits per heavy atom. The van der Waals surface area contributed by atoms with Gasteiger partial charge in [-0.05, 0) is 62.4 Å². The van der Waals surface area contributed by atoms with Gasteiger partial charge in [-0.1, -0.05) is 29.8 Å². The normalized spacial score (nSPS) is 18.7. The summed E-state index contributed by atoms with van der Waals surface area (Å²) in [5.41, 5.74) is 3.83. The van der Waals surface area contributed by atoms with Crippen LogP contribution in [0.3, 0.4) is 0 Å². The van der Waals surface area contributed by atoms with Gasteiger partial charge < -0.3 is 4.74 Å². The highest BCUT2D eigenvalue weighted by Gasteiger charge is 2.34. The standard InChI is InChI=1S/C24H29NO4S3/c1-16-14-17(2)22(18(3)15-16)32(27,28)25-10-8-19(9-11-25)23(26)29-21-6-4-20(5-7-21)24-30-12-13-31-24/h4-7,14-15,19,24H,8-13H2,1-3H3. The van der Waals surface area contributed by atoms with Gasteiger partial charge in [0.2, 0.25) is 10.0 Å². The molecule has 32 heavy (non-hydrogen) atoms. The first-order chi connectivity index (χ1) is 15.3. The Morgan fingerprint density at radius 3 is 2.09 bits per heavy atom. The first-order valence-electron chi connectivity index (χ1n) is 10.9. The number of rotatable bonds is 5. The Labute approximate surface area is 199 Å². The first kappa shape index (κ1) is 23.7. The SMILES string of the molecule is Cc1cc(C)c(S(=O)(=O)N2CCC(C(=O)Oc3ccc(C4SCCS4)cc3)CC2)c(C)c1. The molecule has 2 saturated heterocycles. The Morgan fingerprint density at radius 1 is 0.969 bits per heavy atom. The minimum Gasteiger partial charge on any atom is -0.426 e. The van der Waals surface area contributed by atoms with Crippen LogP contribution in [0.25, 0.3) is 0 Å². The molecule has 4 rings (SSSR count). The van der Waals surface area contributed by atoms with Crippen molar-refractivity contribution in [2.45, 2.75) is 43.1 Å². The number of thioether (sulfide) groups is 2. The minimum absolute atomic E-state index is 0.276. The summed E-state index contributed by atoms with van der Waals surface area (Å²) in [7, 11) is -3.58. The van der Waals surface area contributed by atoms with Gasteiger partial charge in [-0.3, -0.25) is 4.79 Å².